The maximum absolute atomic E-state index is 6.08. The summed E-state index contributed by atoms with van der Waals surface area (Å²) in [7, 11) is 6.30. The van der Waals surface area contributed by atoms with Crippen molar-refractivity contribution in [1.29, 1.82) is 0 Å². The molecule has 234 valence electrons. The van der Waals surface area contributed by atoms with E-state index in [1.165, 1.54) is 0 Å². The Labute approximate surface area is 255 Å². The highest BCUT2D eigenvalue weighted by Gasteiger charge is 2.17. The predicted octanol–water partition coefficient (Wildman–Crippen LogP) is 3.05. The monoisotopic (exact) mass is 606 g/mol. The standard InChI is InChI=1S/C30H38N8O6/c1-39-21-11-17(9-19-15-35-29(33)37-27(19)31)12-22(40-2)25(21)43-7-5-6-8-44-26-23(41-3)13-18(14-24(26)42-4)10-20-16-36-30(34)38-28(20)32/h11-16H,5-10H2,1-4H3,(H4,31,33,35,37)(H4,32,34,36,38). The van der Waals surface area contributed by atoms with Gasteiger partial charge in [0.1, 0.15) is 11.6 Å². The maximum atomic E-state index is 6.08. The average molecular weight is 607 g/mol. The Kier molecular flexibility index (Phi) is 10.5. The Hall–Kier alpha value is -5.40. The van der Waals surface area contributed by atoms with Crippen LogP contribution in [0.4, 0.5) is 23.5 Å². The molecule has 8 N–H and O–H groups in total. The van der Waals surface area contributed by atoms with Gasteiger partial charge in [0.25, 0.3) is 0 Å². The summed E-state index contributed by atoms with van der Waals surface area (Å²) in [6.45, 7) is 0.818. The number of nitrogen functional groups attached to an aromatic ring is 4. The van der Waals surface area contributed by atoms with Crippen molar-refractivity contribution < 1.29 is 28.4 Å². The minimum atomic E-state index is 0.124. The molecule has 0 saturated heterocycles. The highest BCUT2D eigenvalue weighted by molar-refractivity contribution is 5.57. The second-order valence-corrected chi connectivity index (χ2v) is 9.69. The van der Waals surface area contributed by atoms with Crippen molar-refractivity contribution in [3.05, 3.63) is 58.9 Å². The molecule has 0 atom stereocenters. The average Bonchev–Trinajstić information content (AvgIpc) is 3.01. The van der Waals surface area contributed by atoms with E-state index in [1.807, 2.05) is 24.3 Å². The Morgan fingerprint density at radius 1 is 0.545 bits per heavy atom. The van der Waals surface area contributed by atoms with E-state index in [0.29, 0.717) is 85.0 Å². The number of nitrogens with two attached hydrogens (primary N) is 4. The Balaban J connectivity index is 1.35. The molecular weight excluding hydrogens is 568 g/mol. The molecule has 0 fully saturated rings. The lowest BCUT2D eigenvalue weighted by Crippen LogP contribution is -2.07. The van der Waals surface area contributed by atoms with E-state index in [0.717, 1.165) is 22.3 Å². The zero-order valence-electron chi connectivity index (χ0n) is 25.3. The van der Waals surface area contributed by atoms with E-state index in [4.69, 9.17) is 51.4 Å². The van der Waals surface area contributed by atoms with Gasteiger partial charge in [-0.15, -0.1) is 0 Å². The van der Waals surface area contributed by atoms with Crippen LogP contribution in [0.15, 0.2) is 36.7 Å². The summed E-state index contributed by atoms with van der Waals surface area (Å²) < 4.78 is 34.6. The van der Waals surface area contributed by atoms with Crippen molar-refractivity contribution in [2.45, 2.75) is 25.7 Å². The van der Waals surface area contributed by atoms with E-state index >= 15 is 0 Å². The van der Waals surface area contributed by atoms with Crippen molar-refractivity contribution in [1.82, 2.24) is 19.9 Å². The number of benzene rings is 2. The maximum Gasteiger partial charge on any atom is 0.221 e. The van der Waals surface area contributed by atoms with Crippen LogP contribution in [-0.4, -0.2) is 61.6 Å². The second-order valence-electron chi connectivity index (χ2n) is 9.69. The first-order valence-electron chi connectivity index (χ1n) is 13.7. The van der Waals surface area contributed by atoms with Gasteiger partial charge in [0.15, 0.2) is 23.0 Å². The van der Waals surface area contributed by atoms with Gasteiger partial charge in [-0.3, -0.25) is 0 Å². The van der Waals surface area contributed by atoms with Gasteiger partial charge in [0.2, 0.25) is 23.4 Å². The Morgan fingerprint density at radius 3 is 1.18 bits per heavy atom. The first kappa shape index (κ1) is 31.5. The first-order valence-corrected chi connectivity index (χ1v) is 13.7. The van der Waals surface area contributed by atoms with E-state index in [1.54, 1.807) is 40.8 Å². The Bertz CT molecular complexity index is 1420. The number of anilines is 4. The van der Waals surface area contributed by atoms with E-state index < -0.39 is 0 Å². The summed E-state index contributed by atoms with van der Waals surface area (Å²) in [5.74, 6) is 4.04. The number of nitrogens with zero attached hydrogens (tertiary/aromatic N) is 4. The van der Waals surface area contributed by atoms with Crippen molar-refractivity contribution in [3.63, 3.8) is 0 Å². The predicted molar refractivity (Wildman–Crippen MR) is 167 cm³/mol. The largest absolute Gasteiger partial charge is 0.493 e. The minimum Gasteiger partial charge on any atom is -0.493 e. The molecule has 2 heterocycles. The zero-order valence-corrected chi connectivity index (χ0v) is 25.3. The van der Waals surface area contributed by atoms with Gasteiger partial charge in [-0.2, -0.15) is 9.97 Å². The molecule has 0 spiro atoms. The molecule has 4 rings (SSSR count). The second kappa shape index (κ2) is 14.7. The van der Waals surface area contributed by atoms with E-state index in [-0.39, 0.29) is 11.9 Å². The molecule has 14 heteroatoms. The molecule has 0 unspecified atom stereocenters. The van der Waals surface area contributed by atoms with Gasteiger partial charge in [-0.05, 0) is 48.2 Å². The smallest absolute Gasteiger partial charge is 0.221 e. The summed E-state index contributed by atoms with van der Waals surface area (Å²) in [5.41, 5.74) is 26.5. The zero-order chi connectivity index (χ0) is 31.6. The van der Waals surface area contributed by atoms with E-state index in [9.17, 15) is 0 Å². The highest BCUT2D eigenvalue weighted by atomic mass is 16.5. The van der Waals surface area contributed by atoms with Crippen LogP contribution >= 0.6 is 0 Å². The van der Waals surface area contributed by atoms with Crippen LogP contribution < -0.4 is 51.4 Å². The van der Waals surface area contributed by atoms with Gasteiger partial charge in [-0.25, -0.2) is 9.97 Å². The van der Waals surface area contributed by atoms with Crippen LogP contribution in [0.3, 0.4) is 0 Å². The summed E-state index contributed by atoms with van der Waals surface area (Å²) in [6, 6.07) is 7.47. The molecule has 2 aromatic carbocycles. The molecule has 0 bridgehead atoms. The molecule has 4 aromatic rings. The van der Waals surface area contributed by atoms with Crippen LogP contribution in [-0.2, 0) is 12.8 Å². The van der Waals surface area contributed by atoms with Gasteiger partial charge >= 0.3 is 0 Å². The number of ether oxygens (including phenoxy) is 6. The molecule has 0 saturated carbocycles. The van der Waals surface area contributed by atoms with Crippen LogP contribution in [0.25, 0.3) is 0 Å². The van der Waals surface area contributed by atoms with Crippen molar-refractivity contribution in [3.8, 4) is 34.5 Å². The first-order chi connectivity index (χ1) is 21.3. The lowest BCUT2D eigenvalue weighted by atomic mass is 10.1. The fraction of sp³-hybridized carbons (Fsp3) is 0.333. The quantitative estimate of drug-likeness (QED) is 0.143. The SMILES string of the molecule is COc1cc(Cc2cnc(N)nc2N)cc(OC)c1OCCCCOc1c(OC)cc(Cc2cnc(N)nc2N)cc1OC. The molecule has 0 amide bonds. The normalized spacial score (nSPS) is 10.7. The summed E-state index contributed by atoms with van der Waals surface area (Å²) in [5, 5.41) is 0. The lowest BCUT2D eigenvalue weighted by Gasteiger charge is -2.17. The number of methoxy groups -OCH3 is 4. The van der Waals surface area contributed by atoms with Crippen molar-refractivity contribution in [2.75, 3.05) is 64.6 Å². The third kappa shape index (κ3) is 7.70. The topological polar surface area (TPSA) is 211 Å². The van der Waals surface area contributed by atoms with Crippen LogP contribution in [0, 0.1) is 0 Å². The molecule has 44 heavy (non-hydrogen) atoms. The van der Waals surface area contributed by atoms with Crippen LogP contribution in [0.1, 0.15) is 35.1 Å². The number of unbranched alkanes of at least 4 members (excludes halogenated alkanes) is 1. The number of rotatable bonds is 15. The number of hydrogen-bond donors (Lipinski definition) is 4. The number of hydrogen-bond acceptors (Lipinski definition) is 14. The van der Waals surface area contributed by atoms with Crippen molar-refractivity contribution >= 4 is 23.5 Å². The number of aromatic nitrogens is 4. The fourth-order valence-corrected chi connectivity index (χ4v) is 4.49. The van der Waals surface area contributed by atoms with E-state index in [2.05, 4.69) is 19.9 Å². The van der Waals surface area contributed by atoms with Crippen LogP contribution in [0.5, 0.6) is 34.5 Å². The molecule has 2 aromatic heterocycles. The molecule has 0 aliphatic rings. The molecule has 0 aliphatic heterocycles. The minimum absolute atomic E-state index is 0.124. The summed E-state index contributed by atoms with van der Waals surface area (Å²) >= 11 is 0. The third-order valence-corrected chi connectivity index (χ3v) is 6.69. The molecule has 0 aliphatic carbocycles. The van der Waals surface area contributed by atoms with Gasteiger partial charge < -0.3 is 51.4 Å². The van der Waals surface area contributed by atoms with Gasteiger partial charge in [0.05, 0.1) is 41.7 Å². The fourth-order valence-electron chi connectivity index (χ4n) is 4.49. The van der Waals surface area contributed by atoms with Gasteiger partial charge in [-0.1, -0.05) is 0 Å². The van der Waals surface area contributed by atoms with Crippen molar-refractivity contribution in [2.24, 2.45) is 0 Å². The highest BCUT2D eigenvalue weighted by Crippen LogP contribution is 2.41. The third-order valence-electron chi connectivity index (χ3n) is 6.69. The lowest BCUT2D eigenvalue weighted by molar-refractivity contribution is 0.239. The summed E-state index contributed by atoms with van der Waals surface area (Å²) in [4.78, 5) is 16.1. The molecular formula is C30H38N8O6. The Morgan fingerprint density at radius 2 is 0.886 bits per heavy atom. The molecule has 0 radical (unpaired) electrons. The summed E-state index contributed by atoms with van der Waals surface area (Å²) in [6.07, 6.45) is 5.55. The van der Waals surface area contributed by atoms with Gasteiger partial charge in [0, 0.05) is 36.4 Å². The van der Waals surface area contributed by atoms with Crippen LogP contribution in [0.2, 0.25) is 0 Å². The molecule has 14 nitrogen and oxygen atoms in total.